The highest BCUT2D eigenvalue weighted by atomic mass is 16.5. The number of nitrogens with zero attached hydrogens (tertiary/aromatic N) is 4. The molecule has 0 unspecified atom stereocenters. The van der Waals surface area contributed by atoms with Gasteiger partial charge in [-0.3, -0.25) is 4.79 Å². The molecular weight excluding hydrogens is 272 g/mol. The first-order chi connectivity index (χ1) is 10.2. The van der Waals surface area contributed by atoms with E-state index in [2.05, 4.69) is 22.4 Å². The summed E-state index contributed by atoms with van der Waals surface area (Å²) in [6.07, 6.45) is 5.78. The van der Waals surface area contributed by atoms with E-state index in [1.165, 1.54) is 7.11 Å². The summed E-state index contributed by atoms with van der Waals surface area (Å²) in [6.45, 7) is 3.40. The summed E-state index contributed by atoms with van der Waals surface area (Å²) in [5, 5.41) is 11.7. The van der Waals surface area contributed by atoms with Crippen molar-refractivity contribution in [2.75, 3.05) is 7.11 Å². The van der Waals surface area contributed by atoms with Crippen LogP contribution < -0.4 is 0 Å². The zero-order valence-electron chi connectivity index (χ0n) is 12.8. The van der Waals surface area contributed by atoms with Gasteiger partial charge in [-0.2, -0.15) is 0 Å². The predicted molar refractivity (Wildman–Crippen MR) is 75.3 cm³/mol. The average Bonchev–Trinajstić information content (AvgIpc) is 2.98. The first-order valence-corrected chi connectivity index (χ1v) is 7.69. The van der Waals surface area contributed by atoms with E-state index in [0.717, 1.165) is 50.9 Å². The number of rotatable bonds is 7. The second-order valence-electron chi connectivity index (χ2n) is 5.48. The molecule has 0 atom stereocenters. The number of ether oxygens (including phenoxy) is 2. The van der Waals surface area contributed by atoms with Gasteiger partial charge in [0.25, 0.3) is 0 Å². The van der Waals surface area contributed by atoms with Gasteiger partial charge in [-0.15, -0.1) is 5.10 Å². The number of aromatic nitrogens is 4. The standard InChI is InChI=1S/C14H24N4O3/c1-3-4-9-18-13(15-16-17-18)10-21-12-7-5-11(6-8-12)14(19)20-2/h11-12H,3-10H2,1-2H3. The number of carbonyl (C=O) groups excluding carboxylic acids is 1. The second-order valence-corrected chi connectivity index (χ2v) is 5.48. The summed E-state index contributed by atoms with van der Waals surface area (Å²) in [5.41, 5.74) is 0. The molecule has 7 nitrogen and oxygen atoms in total. The molecule has 0 spiro atoms. The Morgan fingerprint density at radius 3 is 2.76 bits per heavy atom. The van der Waals surface area contributed by atoms with Crippen molar-refractivity contribution < 1.29 is 14.3 Å². The number of hydrogen-bond acceptors (Lipinski definition) is 6. The van der Waals surface area contributed by atoms with E-state index < -0.39 is 0 Å². The normalized spacial score (nSPS) is 22.2. The predicted octanol–water partition coefficient (Wildman–Crippen LogP) is 1.72. The fourth-order valence-electron chi connectivity index (χ4n) is 2.63. The van der Waals surface area contributed by atoms with Crippen molar-refractivity contribution in [3.63, 3.8) is 0 Å². The molecule has 1 fully saturated rings. The number of tetrazole rings is 1. The maximum absolute atomic E-state index is 11.5. The molecule has 7 heteroatoms. The number of aryl methyl sites for hydroxylation is 1. The van der Waals surface area contributed by atoms with Gasteiger partial charge >= 0.3 is 5.97 Å². The molecule has 0 bridgehead atoms. The topological polar surface area (TPSA) is 79.1 Å². The van der Waals surface area contributed by atoms with Crippen LogP contribution >= 0.6 is 0 Å². The lowest BCUT2D eigenvalue weighted by atomic mass is 9.87. The van der Waals surface area contributed by atoms with Gasteiger partial charge in [-0.1, -0.05) is 13.3 Å². The highest BCUT2D eigenvalue weighted by Crippen LogP contribution is 2.27. The lowest BCUT2D eigenvalue weighted by molar-refractivity contribution is -0.147. The van der Waals surface area contributed by atoms with Gasteiger partial charge in [0.1, 0.15) is 6.61 Å². The van der Waals surface area contributed by atoms with Crippen molar-refractivity contribution in [1.82, 2.24) is 20.2 Å². The first-order valence-electron chi connectivity index (χ1n) is 7.69. The summed E-state index contributed by atoms with van der Waals surface area (Å²) >= 11 is 0. The number of carbonyl (C=O) groups is 1. The number of hydrogen-bond donors (Lipinski definition) is 0. The summed E-state index contributed by atoms with van der Waals surface area (Å²) in [7, 11) is 1.45. The maximum Gasteiger partial charge on any atom is 0.308 e. The van der Waals surface area contributed by atoms with Crippen LogP contribution in [0.5, 0.6) is 0 Å². The fourth-order valence-corrected chi connectivity index (χ4v) is 2.63. The molecule has 1 aliphatic carbocycles. The SMILES string of the molecule is CCCCn1nnnc1COC1CCC(C(=O)OC)CC1. The molecule has 1 aromatic rings. The van der Waals surface area contributed by atoms with E-state index in [1.54, 1.807) is 0 Å². The van der Waals surface area contributed by atoms with Crippen molar-refractivity contribution in [3.8, 4) is 0 Å². The Hall–Kier alpha value is -1.50. The number of methoxy groups -OCH3 is 1. The molecule has 2 rings (SSSR count). The molecule has 118 valence electrons. The zero-order chi connectivity index (χ0) is 15.1. The smallest absolute Gasteiger partial charge is 0.308 e. The largest absolute Gasteiger partial charge is 0.469 e. The van der Waals surface area contributed by atoms with E-state index in [0.29, 0.717) is 6.61 Å². The Morgan fingerprint density at radius 2 is 2.10 bits per heavy atom. The Bertz CT molecular complexity index is 441. The Kier molecular flexibility index (Phi) is 6.10. The summed E-state index contributed by atoms with van der Waals surface area (Å²) in [4.78, 5) is 11.5. The van der Waals surface area contributed by atoms with Crippen LogP contribution in [0.2, 0.25) is 0 Å². The van der Waals surface area contributed by atoms with E-state index in [9.17, 15) is 4.79 Å². The zero-order valence-corrected chi connectivity index (χ0v) is 12.8. The molecule has 0 aliphatic heterocycles. The van der Waals surface area contributed by atoms with Gasteiger partial charge in [0.2, 0.25) is 0 Å². The average molecular weight is 296 g/mol. The van der Waals surface area contributed by atoms with Crippen molar-refractivity contribution in [3.05, 3.63) is 5.82 Å². The minimum atomic E-state index is -0.100. The van der Waals surface area contributed by atoms with Gasteiger partial charge in [0.15, 0.2) is 5.82 Å². The van der Waals surface area contributed by atoms with E-state index in [1.807, 2.05) is 4.68 Å². The first kappa shape index (κ1) is 15.9. The molecule has 21 heavy (non-hydrogen) atoms. The number of esters is 1. The van der Waals surface area contributed by atoms with Crippen LogP contribution in [0.25, 0.3) is 0 Å². The highest BCUT2D eigenvalue weighted by Gasteiger charge is 2.27. The van der Waals surface area contributed by atoms with Crippen LogP contribution in [0.1, 0.15) is 51.3 Å². The third-order valence-electron chi connectivity index (χ3n) is 3.99. The minimum absolute atomic E-state index is 0.0322. The second kappa shape index (κ2) is 8.07. The Morgan fingerprint density at radius 1 is 1.33 bits per heavy atom. The maximum atomic E-state index is 11.5. The van der Waals surface area contributed by atoms with Crippen LogP contribution in [0.4, 0.5) is 0 Å². The molecule has 0 radical (unpaired) electrons. The number of unbranched alkanes of at least 4 members (excludes halogenated alkanes) is 1. The van der Waals surface area contributed by atoms with E-state index in [-0.39, 0.29) is 18.0 Å². The third kappa shape index (κ3) is 4.49. The summed E-state index contributed by atoms with van der Waals surface area (Å²) in [6, 6.07) is 0. The molecule has 0 N–H and O–H groups in total. The van der Waals surface area contributed by atoms with Gasteiger partial charge in [0, 0.05) is 6.54 Å². The molecule has 1 aliphatic rings. The molecule has 1 aromatic heterocycles. The van der Waals surface area contributed by atoms with Crippen LogP contribution in [0.15, 0.2) is 0 Å². The highest BCUT2D eigenvalue weighted by molar-refractivity contribution is 5.72. The van der Waals surface area contributed by atoms with Crippen LogP contribution in [-0.2, 0) is 27.4 Å². The van der Waals surface area contributed by atoms with Gasteiger partial charge in [-0.25, -0.2) is 4.68 Å². The molecule has 1 heterocycles. The van der Waals surface area contributed by atoms with E-state index in [4.69, 9.17) is 9.47 Å². The van der Waals surface area contributed by atoms with Crippen molar-refractivity contribution in [2.45, 2.75) is 64.7 Å². The van der Waals surface area contributed by atoms with Crippen molar-refractivity contribution in [1.29, 1.82) is 0 Å². The van der Waals surface area contributed by atoms with Gasteiger partial charge in [0.05, 0.1) is 19.1 Å². The lowest BCUT2D eigenvalue weighted by Gasteiger charge is -2.26. The monoisotopic (exact) mass is 296 g/mol. The molecule has 1 saturated carbocycles. The third-order valence-corrected chi connectivity index (χ3v) is 3.99. The van der Waals surface area contributed by atoms with Crippen molar-refractivity contribution >= 4 is 5.97 Å². The lowest BCUT2D eigenvalue weighted by Crippen LogP contribution is -2.27. The van der Waals surface area contributed by atoms with Crippen LogP contribution in [0, 0.1) is 5.92 Å². The molecule has 0 aromatic carbocycles. The van der Waals surface area contributed by atoms with Gasteiger partial charge in [-0.05, 0) is 42.5 Å². The Labute approximate surface area is 125 Å². The van der Waals surface area contributed by atoms with E-state index >= 15 is 0 Å². The van der Waals surface area contributed by atoms with Gasteiger partial charge < -0.3 is 9.47 Å². The van der Waals surface area contributed by atoms with Crippen LogP contribution in [-0.4, -0.2) is 39.4 Å². The minimum Gasteiger partial charge on any atom is -0.469 e. The van der Waals surface area contributed by atoms with Crippen molar-refractivity contribution in [2.24, 2.45) is 5.92 Å². The fraction of sp³-hybridized carbons (Fsp3) is 0.857. The summed E-state index contributed by atoms with van der Waals surface area (Å²) in [5.74, 6) is 0.709. The molecular formula is C14H24N4O3. The molecule has 0 amide bonds. The quantitative estimate of drug-likeness (QED) is 0.713. The molecule has 0 saturated heterocycles. The summed E-state index contributed by atoms with van der Waals surface area (Å²) < 4.78 is 12.5. The Balaban J connectivity index is 1.75. The van der Waals surface area contributed by atoms with Crippen LogP contribution in [0.3, 0.4) is 0 Å².